The molecule has 5 atom stereocenters. The normalized spacial score (nSPS) is 32.7. The van der Waals surface area contributed by atoms with Crippen molar-refractivity contribution in [3.05, 3.63) is 29.8 Å². The summed E-state index contributed by atoms with van der Waals surface area (Å²) in [7, 11) is 0. The Bertz CT molecular complexity index is 503. The summed E-state index contributed by atoms with van der Waals surface area (Å²) in [5.74, 6) is -1.29. The number of ether oxygens (including phenoxy) is 2. The molecule has 0 saturated carbocycles. The molecule has 1 aromatic carbocycles. The molecule has 1 aliphatic heterocycles. The van der Waals surface area contributed by atoms with Crippen molar-refractivity contribution in [2.45, 2.75) is 30.7 Å². The van der Waals surface area contributed by atoms with Crippen LogP contribution in [0.1, 0.15) is 10.4 Å². The molecule has 8 heteroatoms. The number of hydrogen-bond acceptors (Lipinski definition) is 8. The number of aliphatic hydroxyl groups excluding tert-OH is 4. The molecule has 1 heterocycles. The van der Waals surface area contributed by atoms with Crippen molar-refractivity contribution in [3.63, 3.8) is 0 Å². The number of carbonyl (C=O) groups excluding carboxylic acids is 1. The third-order valence-electron chi connectivity index (χ3n) is 3.20. The topological polar surface area (TPSA) is 137 Å². The van der Waals surface area contributed by atoms with Gasteiger partial charge >= 0.3 is 5.97 Å². The van der Waals surface area contributed by atoms with Gasteiger partial charge in [-0.25, -0.2) is 4.79 Å². The Morgan fingerprint density at radius 2 is 1.81 bits per heavy atom. The van der Waals surface area contributed by atoms with Crippen LogP contribution in [0.25, 0.3) is 0 Å². The Morgan fingerprint density at radius 1 is 1.14 bits per heavy atom. The van der Waals surface area contributed by atoms with Gasteiger partial charge in [-0.05, 0) is 12.1 Å². The van der Waals surface area contributed by atoms with Crippen molar-refractivity contribution < 1.29 is 39.8 Å². The van der Waals surface area contributed by atoms with Crippen LogP contribution in [-0.4, -0.2) is 68.8 Å². The van der Waals surface area contributed by atoms with Crippen LogP contribution in [0.4, 0.5) is 0 Å². The summed E-state index contributed by atoms with van der Waals surface area (Å²) in [6, 6.07) is 5.61. The standard InChI is InChI=1S/C13H16O8/c14-5-8-9(16)10(17)11(18)13(20-8)21-12(19)6-3-1-2-4-7(6)15/h1-4,8-11,13-18H,5H2/t8-,9-,10+,11-,13?/m1/s1. The second-order valence-electron chi connectivity index (χ2n) is 4.62. The van der Waals surface area contributed by atoms with E-state index in [0.717, 1.165) is 0 Å². The van der Waals surface area contributed by atoms with Crippen molar-refractivity contribution in [1.82, 2.24) is 0 Å². The van der Waals surface area contributed by atoms with E-state index in [1.807, 2.05) is 0 Å². The lowest BCUT2D eigenvalue weighted by molar-refractivity contribution is -0.285. The first kappa shape index (κ1) is 15.7. The van der Waals surface area contributed by atoms with Gasteiger partial charge in [0, 0.05) is 0 Å². The molecular formula is C13H16O8. The zero-order valence-corrected chi connectivity index (χ0v) is 10.9. The molecule has 5 N–H and O–H groups in total. The maximum absolute atomic E-state index is 11.9. The van der Waals surface area contributed by atoms with Gasteiger partial charge in [0.25, 0.3) is 0 Å². The SMILES string of the molecule is O=C(OC1O[C@H](CO)[C@@H](O)[C@H](O)[C@H]1O)c1ccccc1O. The smallest absolute Gasteiger partial charge is 0.344 e. The molecule has 1 aliphatic rings. The van der Waals surface area contributed by atoms with Crippen molar-refractivity contribution in [2.75, 3.05) is 6.61 Å². The Kier molecular flexibility index (Phi) is 4.76. The number of aliphatic hydroxyl groups is 4. The molecule has 0 amide bonds. The Hall–Kier alpha value is -1.71. The number of aromatic hydroxyl groups is 1. The molecule has 116 valence electrons. The summed E-state index contributed by atoms with van der Waals surface area (Å²) in [5, 5.41) is 47.5. The predicted molar refractivity (Wildman–Crippen MR) is 67.3 cm³/mol. The van der Waals surface area contributed by atoms with Crippen LogP contribution in [-0.2, 0) is 9.47 Å². The van der Waals surface area contributed by atoms with Crippen molar-refractivity contribution in [3.8, 4) is 5.75 Å². The molecule has 0 bridgehead atoms. The Balaban J connectivity index is 2.11. The monoisotopic (exact) mass is 300 g/mol. The zero-order chi connectivity index (χ0) is 15.6. The zero-order valence-electron chi connectivity index (χ0n) is 10.9. The van der Waals surface area contributed by atoms with Gasteiger partial charge in [-0.3, -0.25) is 0 Å². The molecule has 0 radical (unpaired) electrons. The molecule has 1 fully saturated rings. The summed E-state index contributed by atoms with van der Waals surface area (Å²) < 4.78 is 9.90. The van der Waals surface area contributed by atoms with Crippen LogP contribution < -0.4 is 0 Å². The van der Waals surface area contributed by atoms with Gasteiger partial charge in [-0.2, -0.15) is 0 Å². The molecule has 1 aromatic rings. The van der Waals surface area contributed by atoms with Crippen LogP contribution in [0.5, 0.6) is 5.75 Å². The van der Waals surface area contributed by atoms with Gasteiger partial charge in [0.15, 0.2) is 0 Å². The number of rotatable bonds is 3. The molecule has 0 aliphatic carbocycles. The highest BCUT2D eigenvalue weighted by atomic mass is 16.7. The van der Waals surface area contributed by atoms with Crippen molar-refractivity contribution >= 4 is 5.97 Å². The number of phenolic OH excluding ortho intramolecular Hbond substituents is 1. The van der Waals surface area contributed by atoms with E-state index in [4.69, 9.17) is 14.6 Å². The summed E-state index contributed by atoms with van der Waals surface area (Å²) in [5.41, 5.74) is -0.144. The lowest BCUT2D eigenvalue weighted by atomic mass is 9.99. The molecule has 1 saturated heterocycles. The van der Waals surface area contributed by atoms with Crippen LogP contribution >= 0.6 is 0 Å². The molecule has 0 spiro atoms. The second-order valence-corrected chi connectivity index (χ2v) is 4.62. The highest BCUT2D eigenvalue weighted by Crippen LogP contribution is 2.24. The maximum atomic E-state index is 11.9. The first-order chi connectivity index (χ1) is 9.95. The first-order valence-corrected chi connectivity index (χ1v) is 6.25. The maximum Gasteiger partial charge on any atom is 0.344 e. The highest BCUT2D eigenvalue weighted by Gasteiger charge is 2.45. The minimum Gasteiger partial charge on any atom is -0.507 e. The highest BCUT2D eigenvalue weighted by molar-refractivity contribution is 5.92. The number of phenols is 1. The third kappa shape index (κ3) is 3.14. The van der Waals surface area contributed by atoms with Gasteiger partial charge in [-0.15, -0.1) is 0 Å². The van der Waals surface area contributed by atoms with Gasteiger partial charge < -0.3 is 35.0 Å². The van der Waals surface area contributed by atoms with E-state index in [1.165, 1.54) is 24.3 Å². The van der Waals surface area contributed by atoms with Crippen molar-refractivity contribution in [1.29, 1.82) is 0 Å². The number of hydrogen-bond donors (Lipinski definition) is 5. The average molecular weight is 300 g/mol. The third-order valence-corrected chi connectivity index (χ3v) is 3.20. The van der Waals surface area contributed by atoms with Crippen molar-refractivity contribution in [2.24, 2.45) is 0 Å². The largest absolute Gasteiger partial charge is 0.507 e. The number of esters is 1. The quantitative estimate of drug-likeness (QED) is 0.419. The average Bonchev–Trinajstić information content (AvgIpc) is 2.48. The van der Waals surface area contributed by atoms with Crippen LogP contribution in [0, 0.1) is 0 Å². The van der Waals surface area contributed by atoms with Crippen LogP contribution in [0.3, 0.4) is 0 Å². The van der Waals surface area contributed by atoms with E-state index >= 15 is 0 Å². The minimum absolute atomic E-state index is 0.144. The van der Waals surface area contributed by atoms with E-state index < -0.39 is 43.3 Å². The molecule has 0 aromatic heterocycles. The molecule has 2 rings (SSSR count). The summed E-state index contributed by atoms with van der Waals surface area (Å²) >= 11 is 0. The summed E-state index contributed by atoms with van der Waals surface area (Å²) in [6.07, 6.45) is -7.61. The van der Waals surface area contributed by atoms with E-state index in [2.05, 4.69) is 0 Å². The molecule has 8 nitrogen and oxygen atoms in total. The molecule has 21 heavy (non-hydrogen) atoms. The van der Waals surface area contributed by atoms with E-state index in [-0.39, 0.29) is 11.3 Å². The Labute approximate surface area is 119 Å². The molecule has 1 unspecified atom stereocenters. The number of benzene rings is 1. The Morgan fingerprint density at radius 3 is 2.43 bits per heavy atom. The summed E-state index contributed by atoms with van der Waals surface area (Å²) in [6.45, 7) is -0.629. The first-order valence-electron chi connectivity index (χ1n) is 6.25. The predicted octanol–water partition coefficient (Wildman–Crippen LogP) is -1.65. The fourth-order valence-corrected chi connectivity index (χ4v) is 1.98. The van der Waals surface area contributed by atoms with Gasteiger partial charge in [0.05, 0.1) is 6.61 Å². The fourth-order valence-electron chi connectivity index (χ4n) is 1.98. The second kappa shape index (κ2) is 6.37. The lowest BCUT2D eigenvalue weighted by Crippen LogP contribution is -2.59. The lowest BCUT2D eigenvalue weighted by Gasteiger charge is -2.39. The summed E-state index contributed by atoms with van der Waals surface area (Å²) in [4.78, 5) is 11.9. The van der Waals surface area contributed by atoms with Gasteiger partial charge in [0.2, 0.25) is 6.29 Å². The van der Waals surface area contributed by atoms with Gasteiger partial charge in [0.1, 0.15) is 35.7 Å². The van der Waals surface area contributed by atoms with Crippen LogP contribution in [0.15, 0.2) is 24.3 Å². The van der Waals surface area contributed by atoms with E-state index in [0.29, 0.717) is 0 Å². The van der Waals surface area contributed by atoms with E-state index in [1.54, 1.807) is 0 Å². The minimum atomic E-state index is -1.68. The molecular weight excluding hydrogens is 284 g/mol. The van der Waals surface area contributed by atoms with E-state index in [9.17, 15) is 25.2 Å². The van der Waals surface area contributed by atoms with Gasteiger partial charge in [-0.1, -0.05) is 12.1 Å². The fraction of sp³-hybridized carbons (Fsp3) is 0.462. The van der Waals surface area contributed by atoms with Crippen LogP contribution in [0.2, 0.25) is 0 Å². The number of para-hydroxylation sites is 1. The number of carbonyl (C=O) groups is 1.